The predicted octanol–water partition coefficient (Wildman–Crippen LogP) is 2.58. The summed E-state index contributed by atoms with van der Waals surface area (Å²) in [4.78, 5) is 28.5. The summed E-state index contributed by atoms with van der Waals surface area (Å²) in [5, 5.41) is 3.61. The highest BCUT2D eigenvalue weighted by Gasteiger charge is 2.36. The van der Waals surface area contributed by atoms with Crippen molar-refractivity contribution >= 4 is 24.2 Å². The number of halogens is 1. The third-order valence-electron chi connectivity index (χ3n) is 5.28. The van der Waals surface area contributed by atoms with Gasteiger partial charge in [0.05, 0.1) is 0 Å². The summed E-state index contributed by atoms with van der Waals surface area (Å²) in [6, 6.07) is 1.51. The number of piperidine rings is 1. The first-order valence-corrected chi connectivity index (χ1v) is 9.34. The lowest BCUT2D eigenvalue weighted by atomic mass is 9.98. The topological polar surface area (TPSA) is 52.7 Å². The fraction of sp³-hybridized carbons (Fsp3) is 0.889. The van der Waals surface area contributed by atoms with Crippen molar-refractivity contribution in [1.82, 2.24) is 15.1 Å². The number of hydrogen-bond donors (Lipinski definition) is 1. The van der Waals surface area contributed by atoms with Crippen LogP contribution in [0.5, 0.6) is 0 Å². The van der Waals surface area contributed by atoms with Gasteiger partial charge >= 0.3 is 0 Å². The quantitative estimate of drug-likeness (QED) is 0.724. The highest BCUT2D eigenvalue weighted by Crippen LogP contribution is 2.29. The van der Waals surface area contributed by atoms with E-state index in [9.17, 15) is 9.59 Å². The molecular formula is C18H34ClN3O2. The Labute approximate surface area is 152 Å². The Bertz CT molecular complexity index is 401. The van der Waals surface area contributed by atoms with Gasteiger partial charge in [-0.2, -0.15) is 0 Å². The summed E-state index contributed by atoms with van der Waals surface area (Å²) in [5.41, 5.74) is 0. The maximum Gasteiger partial charge on any atom is 0.223 e. The van der Waals surface area contributed by atoms with Crippen molar-refractivity contribution in [2.75, 3.05) is 20.1 Å². The van der Waals surface area contributed by atoms with Crippen molar-refractivity contribution in [2.24, 2.45) is 0 Å². The van der Waals surface area contributed by atoms with E-state index in [0.29, 0.717) is 31.0 Å². The van der Waals surface area contributed by atoms with E-state index in [1.807, 2.05) is 16.8 Å². The zero-order chi connectivity index (χ0) is 16.8. The van der Waals surface area contributed by atoms with Crippen LogP contribution < -0.4 is 5.32 Å². The molecule has 2 amide bonds. The number of carbonyl (C=O) groups is 2. The highest BCUT2D eigenvalue weighted by atomic mass is 35.5. The van der Waals surface area contributed by atoms with Gasteiger partial charge in [-0.3, -0.25) is 9.59 Å². The van der Waals surface area contributed by atoms with Gasteiger partial charge in [-0.15, -0.1) is 12.4 Å². The van der Waals surface area contributed by atoms with Crippen molar-refractivity contribution in [1.29, 1.82) is 0 Å². The summed E-state index contributed by atoms with van der Waals surface area (Å²) in [5.74, 6) is 0.249. The van der Waals surface area contributed by atoms with E-state index in [4.69, 9.17) is 0 Å². The van der Waals surface area contributed by atoms with E-state index in [2.05, 4.69) is 19.2 Å². The first-order chi connectivity index (χ1) is 11.0. The van der Waals surface area contributed by atoms with Crippen molar-refractivity contribution in [2.45, 2.75) is 83.3 Å². The summed E-state index contributed by atoms with van der Waals surface area (Å²) in [7, 11) is 1.91. The Morgan fingerprint density at radius 3 is 1.96 bits per heavy atom. The smallest absolute Gasteiger partial charge is 0.223 e. The minimum Gasteiger partial charge on any atom is -0.343 e. The number of hydrogen-bond acceptors (Lipinski definition) is 3. The Morgan fingerprint density at radius 1 is 0.958 bits per heavy atom. The van der Waals surface area contributed by atoms with Crippen LogP contribution in [0.4, 0.5) is 0 Å². The summed E-state index contributed by atoms with van der Waals surface area (Å²) in [6.07, 6.45) is 7.23. The maximum atomic E-state index is 12.5. The monoisotopic (exact) mass is 359 g/mol. The van der Waals surface area contributed by atoms with Crippen LogP contribution in [0.25, 0.3) is 0 Å². The van der Waals surface area contributed by atoms with Gasteiger partial charge in [0, 0.05) is 51.1 Å². The molecule has 1 N–H and O–H groups in total. The van der Waals surface area contributed by atoms with E-state index in [0.717, 1.165) is 38.8 Å². The SMILES string of the molecule is CCCN(CCC)C(=O)CCC(=O)N(C)C1CC2CCC(C1)N2.Cl. The zero-order valence-corrected chi connectivity index (χ0v) is 16.2. The lowest BCUT2D eigenvalue weighted by Gasteiger charge is -2.35. The van der Waals surface area contributed by atoms with Crippen LogP contribution >= 0.6 is 12.4 Å². The molecule has 0 aromatic rings. The number of nitrogens with one attached hydrogen (secondary N) is 1. The van der Waals surface area contributed by atoms with Gasteiger partial charge in [-0.05, 0) is 38.5 Å². The van der Waals surface area contributed by atoms with E-state index in [1.165, 1.54) is 12.8 Å². The van der Waals surface area contributed by atoms with Crippen molar-refractivity contribution in [3.8, 4) is 0 Å². The second-order valence-corrected chi connectivity index (χ2v) is 7.15. The lowest BCUT2D eigenvalue weighted by molar-refractivity contribution is -0.138. The molecule has 140 valence electrons. The number of amides is 2. The van der Waals surface area contributed by atoms with Crippen LogP contribution in [-0.4, -0.2) is 59.9 Å². The van der Waals surface area contributed by atoms with E-state index in [1.54, 1.807) is 0 Å². The normalized spacial score (nSPS) is 25.0. The minimum atomic E-state index is 0. The van der Waals surface area contributed by atoms with Crippen molar-refractivity contribution < 1.29 is 9.59 Å². The van der Waals surface area contributed by atoms with Crippen LogP contribution in [0.2, 0.25) is 0 Å². The molecule has 2 saturated heterocycles. The molecule has 2 unspecified atom stereocenters. The molecule has 2 fully saturated rings. The molecule has 2 atom stereocenters. The molecule has 0 radical (unpaired) electrons. The van der Waals surface area contributed by atoms with Crippen molar-refractivity contribution in [3.63, 3.8) is 0 Å². The first-order valence-electron chi connectivity index (χ1n) is 9.34. The molecule has 0 aromatic heterocycles. The lowest BCUT2D eigenvalue weighted by Crippen LogP contribution is -2.48. The molecule has 2 rings (SSSR count). The average Bonchev–Trinajstić information content (AvgIpc) is 2.89. The van der Waals surface area contributed by atoms with Gasteiger partial charge in [0.15, 0.2) is 0 Å². The Kier molecular flexibility index (Phi) is 9.06. The Balaban J connectivity index is 0.00000288. The van der Waals surface area contributed by atoms with Crippen LogP contribution in [0.1, 0.15) is 65.2 Å². The standard InChI is InChI=1S/C18H33N3O2.ClH/c1-4-10-21(11-5-2)18(23)9-8-17(22)20(3)16-12-14-6-7-15(13-16)19-14;/h14-16,19H,4-13H2,1-3H3;1H. The number of fused-ring (bicyclic) bond motifs is 2. The third-order valence-corrected chi connectivity index (χ3v) is 5.28. The molecule has 0 aromatic carbocycles. The van der Waals surface area contributed by atoms with Crippen LogP contribution in [0.15, 0.2) is 0 Å². The van der Waals surface area contributed by atoms with Gasteiger partial charge < -0.3 is 15.1 Å². The molecule has 2 aliphatic rings. The molecule has 0 aliphatic carbocycles. The number of rotatable bonds is 8. The van der Waals surface area contributed by atoms with E-state index >= 15 is 0 Å². The second-order valence-electron chi connectivity index (χ2n) is 7.15. The summed E-state index contributed by atoms with van der Waals surface area (Å²) in [6.45, 7) is 5.77. The molecule has 0 saturated carbocycles. The molecule has 6 heteroatoms. The maximum absolute atomic E-state index is 12.5. The van der Waals surface area contributed by atoms with Gasteiger partial charge in [0.1, 0.15) is 0 Å². The second kappa shape index (κ2) is 10.2. The average molecular weight is 360 g/mol. The molecule has 0 spiro atoms. The van der Waals surface area contributed by atoms with Gasteiger partial charge in [0.2, 0.25) is 11.8 Å². The van der Waals surface area contributed by atoms with Gasteiger partial charge in [-0.25, -0.2) is 0 Å². The number of nitrogens with zero attached hydrogens (tertiary/aromatic N) is 2. The molecule has 24 heavy (non-hydrogen) atoms. The minimum absolute atomic E-state index is 0. The molecule has 5 nitrogen and oxygen atoms in total. The Morgan fingerprint density at radius 2 is 1.46 bits per heavy atom. The van der Waals surface area contributed by atoms with Gasteiger partial charge in [0.25, 0.3) is 0 Å². The number of carbonyl (C=O) groups excluding carboxylic acids is 2. The fourth-order valence-electron chi connectivity index (χ4n) is 4.00. The van der Waals surface area contributed by atoms with E-state index < -0.39 is 0 Å². The zero-order valence-electron chi connectivity index (χ0n) is 15.4. The predicted molar refractivity (Wildman–Crippen MR) is 99.4 cm³/mol. The largest absolute Gasteiger partial charge is 0.343 e. The molecular weight excluding hydrogens is 326 g/mol. The van der Waals surface area contributed by atoms with E-state index in [-0.39, 0.29) is 24.2 Å². The van der Waals surface area contributed by atoms with Crippen molar-refractivity contribution in [3.05, 3.63) is 0 Å². The fourth-order valence-corrected chi connectivity index (χ4v) is 4.00. The highest BCUT2D eigenvalue weighted by molar-refractivity contribution is 5.85. The summed E-state index contributed by atoms with van der Waals surface area (Å²) >= 11 is 0. The molecule has 2 heterocycles. The van der Waals surface area contributed by atoms with Crippen LogP contribution in [0, 0.1) is 0 Å². The van der Waals surface area contributed by atoms with Crippen LogP contribution in [-0.2, 0) is 9.59 Å². The first kappa shape index (κ1) is 21.2. The Hall–Kier alpha value is -0.810. The van der Waals surface area contributed by atoms with Gasteiger partial charge in [-0.1, -0.05) is 13.8 Å². The van der Waals surface area contributed by atoms with Crippen LogP contribution in [0.3, 0.4) is 0 Å². The molecule has 2 bridgehead atoms. The summed E-state index contributed by atoms with van der Waals surface area (Å²) < 4.78 is 0. The third kappa shape index (κ3) is 5.62. The molecule has 2 aliphatic heterocycles.